The van der Waals surface area contributed by atoms with E-state index in [0.29, 0.717) is 17.9 Å². The molecule has 1 saturated heterocycles. The second-order valence-electron chi connectivity index (χ2n) is 5.29. The van der Waals surface area contributed by atoms with E-state index in [1.54, 1.807) is 24.3 Å². The highest BCUT2D eigenvalue weighted by Gasteiger charge is 2.16. The SMILES string of the molecule is NC(=O)CNC(=O)COC(=O)c1ccc(OC[C@H]2CCCO2)cc1. The fourth-order valence-corrected chi connectivity index (χ4v) is 2.10. The zero-order valence-corrected chi connectivity index (χ0v) is 13.2. The van der Waals surface area contributed by atoms with Crippen LogP contribution in [0.1, 0.15) is 23.2 Å². The van der Waals surface area contributed by atoms with Gasteiger partial charge in [-0.25, -0.2) is 4.79 Å². The van der Waals surface area contributed by atoms with Crippen molar-refractivity contribution in [3.63, 3.8) is 0 Å². The summed E-state index contributed by atoms with van der Waals surface area (Å²) in [7, 11) is 0. The number of benzene rings is 1. The first-order valence-electron chi connectivity index (χ1n) is 7.61. The molecule has 0 radical (unpaired) electrons. The number of hydrogen-bond acceptors (Lipinski definition) is 6. The van der Waals surface area contributed by atoms with Crippen LogP contribution in [0.5, 0.6) is 5.75 Å². The zero-order valence-electron chi connectivity index (χ0n) is 13.2. The summed E-state index contributed by atoms with van der Waals surface area (Å²) in [6.07, 6.45) is 2.15. The van der Waals surface area contributed by atoms with Crippen molar-refractivity contribution in [2.75, 3.05) is 26.4 Å². The average Bonchev–Trinajstić information content (AvgIpc) is 3.10. The van der Waals surface area contributed by atoms with Crippen molar-refractivity contribution >= 4 is 17.8 Å². The van der Waals surface area contributed by atoms with Gasteiger partial charge >= 0.3 is 5.97 Å². The fourth-order valence-electron chi connectivity index (χ4n) is 2.10. The van der Waals surface area contributed by atoms with Gasteiger partial charge in [-0.2, -0.15) is 0 Å². The monoisotopic (exact) mass is 336 g/mol. The summed E-state index contributed by atoms with van der Waals surface area (Å²) in [6.45, 7) is 0.464. The first kappa shape index (κ1) is 17.7. The van der Waals surface area contributed by atoms with Crippen LogP contribution < -0.4 is 15.8 Å². The van der Waals surface area contributed by atoms with Crippen molar-refractivity contribution in [3.05, 3.63) is 29.8 Å². The van der Waals surface area contributed by atoms with Crippen LogP contribution in [-0.4, -0.2) is 50.3 Å². The minimum Gasteiger partial charge on any atom is -0.491 e. The Labute approximate surface area is 139 Å². The molecule has 0 aromatic heterocycles. The number of esters is 1. The smallest absolute Gasteiger partial charge is 0.338 e. The van der Waals surface area contributed by atoms with Crippen LogP contribution in [0.15, 0.2) is 24.3 Å². The number of rotatable bonds is 8. The lowest BCUT2D eigenvalue weighted by Crippen LogP contribution is -2.35. The zero-order chi connectivity index (χ0) is 17.4. The topological polar surface area (TPSA) is 117 Å². The summed E-state index contributed by atoms with van der Waals surface area (Å²) in [5, 5.41) is 2.22. The first-order chi connectivity index (χ1) is 11.5. The van der Waals surface area contributed by atoms with Crippen LogP contribution in [0, 0.1) is 0 Å². The van der Waals surface area contributed by atoms with E-state index < -0.39 is 24.4 Å². The summed E-state index contributed by atoms with van der Waals surface area (Å²) in [5.41, 5.74) is 5.18. The third kappa shape index (κ3) is 5.88. The quantitative estimate of drug-likeness (QED) is 0.646. The van der Waals surface area contributed by atoms with Gasteiger partial charge in [0, 0.05) is 6.61 Å². The molecule has 0 bridgehead atoms. The van der Waals surface area contributed by atoms with E-state index in [1.165, 1.54) is 0 Å². The van der Waals surface area contributed by atoms with Crippen molar-refractivity contribution in [2.45, 2.75) is 18.9 Å². The van der Waals surface area contributed by atoms with E-state index >= 15 is 0 Å². The Bertz CT molecular complexity index is 581. The van der Waals surface area contributed by atoms with Gasteiger partial charge in [0.05, 0.1) is 18.2 Å². The van der Waals surface area contributed by atoms with Crippen molar-refractivity contribution in [3.8, 4) is 5.75 Å². The molecule has 1 aromatic carbocycles. The minimum absolute atomic E-state index is 0.119. The summed E-state index contributed by atoms with van der Waals surface area (Å²) < 4.78 is 15.9. The van der Waals surface area contributed by atoms with Crippen LogP contribution in [-0.2, 0) is 19.1 Å². The van der Waals surface area contributed by atoms with Crippen molar-refractivity contribution in [1.29, 1.82) is 0 Å². The molecule has 1 aromatic rings. The molecular weight excluding hydrogens is 316 g/mol. The molecule has 1 fully saturated rings. The van der Waals surface area contributed by atoms with Crippen LogP contribution in [0.4, 0.5) is 0 Å². The van der Waals surface area contributed by atoms with Gasteiger partial charge in [-0.3, -0.25) is 9.59 Å². The largest absolute Gasteiger partial charge is 0.491 e. The highest BCUT2D eigenvalue weighted by molar-refractivity contribution is 5.92. The Balaban J connectivity index is 1.73. The number of ether oxygens (including phenoxy) is 3. The van der Waals surface area contributed by atoms with Crippen molar-refractivity contribution in [1.82, 2.24) is 5.32 Å². The number of amides is 2. The van der Waals surface area contributed by atoms with E-state index in [-0.39, 0.29) is 12.6 Å². The molecule has 1 atom stereocenters. The van der Waals surface area contributed by atoms with Crippen LogP contribution in [0.2, 0.25) is 0 Å². The van der Waals surface area contributed by atoms with Gasteiger partial charge in [-0.05, 0) is 37.1 Å². The molecule has 1 aliphatic heterocycles. The fraction of sp³-hybridized carbons (Fsp3) is 0.438. The number of nitrogens with one attached hydrogen (secondary N) is 1. The molecule has 0 unspecified atom stereocenters. The molecule has 8 heteroatoms. The second kappa shape index (κ2) is 8.88. The highest BCUT2D eigenvalue weighted by Crippen LogP contribution is 2.17. The van der Waals surface area contributed by atoms with Gasteiger partial charge in [0.1, 0.15) is 12.4 Å². The van der Waals surface area contributed by atoms with Gasteiger partial charge in [-0.15, -0.1) is 0 Å². The van der Waals surface area contributed by atoms with E-state index in [9.17, 15) is 14.4 Å². The lowest BCUT2D eigenvalue weighted by atomic mass is 10.2. The maximum Gasteiger partial charge on any atom is 0.338 e. The highest BCUT2D eigenvalue weighted by atomic mass is 16.5. The Morgan fingerprint density at radius 3 is 2.62 bits per heavy atom. The lowest BCUT2D eigenvalue weighted by Gasteiger charge is -2.11. The molecule has 2 amide bonds. The average molecular weight is 336 g/mol. The minimum atomic E-state index is -0.673. The molecule has 0 saturated carbocycles. The summed E-state index contributed by atoms with van der Waals surface area (Å²) in [6, 6.07) is 6.40. The molecule has 0 spiro atoms. The molecule has 24 heavy (non-hydrogen) atoms. The standard InChI is InChI=1S/C16H20N2O6/c17-14(19)8-18-15(20)10-24-16(21)11-3-5-12(6-4-11)23-9-13-2-1-7-22-13/h3-6,13H,1-2,7-10H2,(H2,17,19)(H,18,20)/t13-/m1/s1. The van der Waals surface area contributed by atoms with Crippen molar-refractivity contribution in [2.24, 2.45) is 5.73 Å². The number of nitrogens with two attached hydrogens (primary N) is 1. The Kier molecular flexibility index (Phi) is 6.56. The van der Waals surface area contributed by atoms with Gasteiger partial charge in [-0.1, -0.05) is 0 Å². The third-order valence-corrected chi connectivity index (χ3v) is 3.34. The Morgan fingerprint density at radius 1 is 1.25 bits per heavy atom. The molecular formula is C16H20N2O6. The Morgan fingerprint density at radius 2 is 2.00 bits per heavy atom. The maximum absolute atomic E-state index is 11.8. The number of hydrogen-bond donors (Lipinski definition) is 2. The van der Waals surface area contributed by atoms with Gasteiger partial charge in [0.15, 0.2) is 6.61 Å². The van der Waals surface area contributed by atoms with Crippen LogP contribution in [0.25, 0.3) is 0 Å². The van der Waals surface area contributed by atoms with E-state index in [1.807, 2.05) is 0 Å². The number of carbonyl (C=O) groups excluding carboxylic acids is 3. The maximum atomic E-state index is 11.8. The second-order valence-corrected chi connectivity index (χ2v) is 5.29. The molecule has 1 heterocycles. The summed E-state index contributed by atoms with van der Waals surface area (Å²) in [4.78, 5) is 33.6. The normalized spacial score (nSPS) is 16.4. The number of carbonyl (C=O) groups is 3. The first-order valence-corrected chi connectivity index (χ1v) is 7.61. The molecule has 2 rings (SSSR count). The van der Waals surface area contributed by atoms with Crippen molar-refractivity contribution < 1.29 is 28.6 Å². The van der Waals surface area contributed by atoms with E-state index in [0.717, 1.165) is 19.4 Å². The summed E-state index contributed by atoms with van der Waals surface area (Å²) >= 11 is 0. The predicted octanol–water partition coefficient (Wildman–Crippen LogP) is 0.00270. The van der Waals surface area contributed by atoms with E-state index in [2.05, 4.69) is 5.32 Å². The van der Waals surface area contributed by atoms with Gasteiger partial charge in [0.25, 0.3) is 5.91 Å². The predicted molar refractivity (Wildman–Crippen MR) is 83.4 cm³/mol. The van der Waals surface area contributed by atoms with Gasteiger partial charge < -0.3 is 25.3 Å². The van der Waals surface area contributed by atoms with Crippen LogP contribution in [0.3, 0.4) is 0 Å². The molecule has 1 aliphatic rings. The van der Waals surface area contributed by atoms with Crippen LogP contribution >= 0.6 is 0 Å². The summed E-state index contributed by atoms with van der Waals surface area (Å²) in [5.74, 6) is -1.29. The molecule has 8 nitrogen and oxygen atoms in total. The molecule has 0 aliphatic carbocycles. The lowest BCUT2D eigenvalue weighted by molar-refractivity contribution is -0.127. The third-order valence-electron chi connectivity index (χ3n) is 3.34. The van der Waals surface area contributed by atoms with Gasteiger partial charge in [0.2, 0.25) is 5.91 Å². The van der Waals surface area contributed by atoms with E-state index in [4.69, 9.17) is 19.9 Å². The number of primary amides is 1. The molecule has 3 N–H and O–H groups in total. The molecule has 130 valence electrons. The Hall–Kier alpha value is -2.61.